The summed E-state index contributed by atoms with van der Waals surface area (Å²) >= 11 is 5.98. The Morgan fingerprint density at radius 1 is 1.43 bits per heavy atom. The largest absolute Gasteiger partial charge is 0.481 e. The fourth-order valence-corrected chi connectivity index (χ4v) is 2.64. The lowest BCUT2D eigenvalue weighted by Crippen LogP contribution is -2.35. The zero-order valence-corrected chi connectivity index (χ0v) is 13.1. The zero-order chi connectivity index (χ0) is 15.8. The van der Waals surface area contributed by atoms with E-state index in [0.29, 0.717) is 18.5 Å². The number of hydrogen-bond donors (Lipinski definition) is 1. The second-order valence-corrected chi connectivity index (χ2v) is 6.49. The first-order valence-corrected chi connectivity index (χ1v) is 7.31. The van der Waals surface area contributed by atoms with Crippen LogP contribution in [0.3, 0.4) is 0 Å². The van der Waals surface area contributed by atoms with Crippen molar-refractivity contribution in [2.75, 3.05) is 13.1 Å². The van der Waals surface area contributed by atoms with E-state index >= 15 is 0 Å². The predicted molar refractivity (Wildman–Crippen MR) is 79.6 cm³/mol. The van der Waals surface area contributed by atoms with Gasteiger partial charge in [0, 0.05) is 24.3 Å². The maximum atomic E-state index is 12.5. The summed E-state index contributed by atoms with van der Waals surface area (Å²) in [5.74, 6) is -0.891. The van der Waals surface area contributed by atoms with Gasteiger partial charge in [0.1, 0.15) is 5.15 Å². The number of likely N-dealkylation sites (tertiary alicyclic amines) is 1. The fourth-order valence-electron chi connectivity index (χ4n) is 2.43. The number of amides is 1. The molecule has 0 aliphatic carbocycles. The second-order valence-electron chi connectivity index (χ2n) is 6.10. The molecule has 1 unspecified atom stereocenters. The number of aliphatic carboxylic acids is 1. The van der Waals surface area contributed by atoms with Crippen LogP contribution in [-0.2, 0) is 4.79 Å². The SMILES string of the molecule is CC(C)c1cc(C(=O)N2CCC(C)(C(=O)O)C2)cc(Cl)n1. The highest BCUT2D eigenvalue weighted by Gasteiger charge is 2.42. The number of carboxylic acid groups (broad SMARTS) is 1. The highest BCUT2D eigenvalue weighted by molar-refractivity contribution is 6.29. The second kappa shape index (κ2) is 5.64. The molecule has 0 aromatic carbocycles. The van der Waals surface area contributed by atoms with Crippen molar-refractivity contribution < 1.29 is 14.7 Å². The van der Waals surface area contributed by atoms with Crippen LogP contribution in [0.2, 0.25) is 5.15 Å². The number of pyridine rings is 1. The van der Waals surface area contributed by atoms with E-state index in [1.807, 2.05) is 13.8 Å². The van der Waals surface area contributed by atoms with E-state index in [0.717, 1.165) is 5.69 Å². The molecular weight excluding hydrogens is 292 g/mol. The number of rotatable bonds is 3. The molecule has 1 amide bonds. The van der Waals surface area contributed by atoms with Gasteiger partial charge in [0.25, 0.3) is 5.91 Å². The molecular formula is C15H19ClN2O3. The molecule has 1 N–H and O–H groups in total. The fraction of sp³-hybridized carbons (Fsp3) is 0.533. The van der Waals surface area contributed by atoms with E-state index in [1.165, 1.54) is 6.07 Å². The lowest BCUT2D eigenvalue weighted by molar-refractivity contribution is -0.147. The molecule has 1 fully saturated rings. The van der Waals surface area contributed by atoms with Gasteiger partial charge in [-0.25, -0.2) is 4.98 Å². The van der Waals surface area contributed by atoms with Gasteiger partial charge in [0.15, 0.2) is 0 Å². The van der Waals surface area contributed by atoms with Crippen molar-refractivity contribution in [2.24, 2.45) is 5.41 Å². The third-order valence-electron chi connectivity index (χ3n) is 3.93. The van der Waals surface area contributed by atoms with E-state index in [4.69, 9.17) is 11.6 Å². The number of aromatic nitrogens is 1. The summed E-state index contributed by atoms with van der Waals surface area (Å²) < 4.78 is 0. The Balaban J connectivity index is 2.24. The molecule has 0 saturated carbocycles. The Kier molecular flexibility index (Phi) is 4.23. The van der Waals surface area contributed by atoms with Crippen LogP contribution in [0, 0.1) is 5.41 Å². The van der Waals surface area contributed by atoms with Crippen molar-refractivity contribution >= 4 is 23.5 Å². The molecule has 1 aromatic rings. The van der Waals surface area contributed by atoms with Gasteiger partial charge in [-0.2, -0.15) is 0 Å². The Bertz CT molecular complexity index is 588. The minimum Gasteiger partial charge on any atom is -0.481 e. The normalized spacial score (nSPS) is 21.9. The number of carbonyl (C=O) groups excluding carboxylic acids is 1. The molecule has 114 valence electrons. The van der Waals surface area contributed by atoms with Gasteiger partial charge in [-0.1, -0.05) is 25.4 Å². The Morgan fingerprint density at radius 3 is 2.62 bits per heavy atom. The van der Waals surface area contributed by atoms with E-state index in [-0.39, 0.29) is 23.5 Å². The number of nitrogens with zero attached hydrogens (tertiary/aromatic N) is 2. The van der Waals surface area contributed by atoms with Gasteiger partial charge in [-0.05, 0) is 31.4 Å². The molecule has 1 aromatic heterocycles. The first kappa shape index (κ1) is 15.8. The first-order valence-electron chi connectivity index (χ1n) is 6.93. The summed E-state index contributed by atoms with van der Waals surface area (Å²) in [4.78, 5) is 29.6. The molecule has 1 aliphatic rings. The van der Waals surface area contributed by atoms with Crippen LogP contribution in [-0.4, -0.2) is 40.0 Å². The molecule has 0 bridgehead atoms. The molecule has 1 aliphatic heterocycles. The van der Waals surface area contributed by atoms with Crippen molar-refractivity contribution in [3.63, 3.8) is 0 Å². The van der Waals surface area contributed by atoms with Gasteiger partial charge < -0.3 is 10.0 Å². The minimum absolute atomic E-state index is 0.165. The average molecular weight is 311 g/mol. The Labute approximate surface area is 128 Å². The van der Waals surface area contributed by atoms with Crippen LogP contribution >= 0.6 is 11.6 Å². The van der Waals surface area contributed by atoms with Gasteiger partial charge in [0.05, 0.1) is 5.41 Å². The van der Waals surface area contributed by atoms with Crippen molar-refractivity contribution in [2.45, 2.75) is 33.1 Å². The third-order valence-corrected chi connectivity index (χ3v) is 4.12. The minimum atomic E-state index is -0.868. The summed E-state index contributed by atoms with van der Waals surface area (Å²) in [6, 6.07) is 3.27. The van der Waals surface area contributed by atoms with E-state index in [1.54, 1.807) is 17.9 Å². The highest BCUT2D eigenvalue weighted by atomic mass is 35.5. The monoisotopic (exact) mass is 310 g/mol. The van der Waals surface area contributed by atoms with Crippen molar-refractivity contribution in [1.82, 2.24) is 9.88 Å². The van der Waals surface area contributed by atoms with Crippen LogP contribution in [0.25, 0.3) is 0 Å². The van der Waals surface area contributed by atoms with Crippen LogP contribution in [0.5, 0.6) is 0 Å². The van der Waals surface area contributed by atoms with E-state index in [9.17, 15) is 14.7 Å². The van der Waals surface area contributed by atoms with Gasteiger partial charge in [-0.3, -0.25) is 9.59 Å². The lowest BCUT2D eigenvalue weighted by atomic mass is 9.90. The quantitative estimate of drug-likeness (QED) is 0.871. The smallest absolute Gasteiger partial charge is 0.311 e. The van der Waals surface area contributed by atoms with Gasteiger partial charge in [0.2, 0.25) is 0 Å². The summed E-state index contributed by atoms with van der Waals surface area (Å²) in [5.41, 5.74) is 0.354. The number of hydrogen-bond acceptors (Lipinski definition) is 3. The molecule has 2 rings (SSSR count). The van der Waals surface area contributed by atoms with Gasteiger partial charge >= 0.3 is 5.97 Å². The Morgan fingerprint density at radius 2 is 2.10 bits per heavy atom. The Hall–Kier alpha value is -1.62. The lowest BCUT2D eigenvalue weighted by Gasteiger charge is -2.20. The number of carbonyl (C=O) groups is 2. The summed E-state index contributed by atoms with van der Waals surface area (Å²) in [5, 5.41) is 9.52. The standard InChI is InChI=1S/C15H19ClN2O3/c1-9(2)11-6-10(7-12(16)17-11)13(19)18-5-4-15(3,8-18)14(20)21/h6-7,9H,4-5,8H2,1-3H3,(H,20,21). The molecule has 21 heavy (non-hydrogen) atoms. The maximum absolute atomic E-state index is 12.5. The molecule has 5 nitrogen and oxygen atoms in total. The topological polar surface area (TPSA) is 70.5 Å². The van der Waals surface area contributed by atoms with Crippen molar-refractivity contribution in [3.8, 4) is 0 Å². The van der Waals surface area contributed by atoms with Crippen LogP contribution in [0.4, 0.5) is 0 Å². The van der Waals surface area contributed by atoms with E-state index < -0.39 is 11.4 Å². The maximum Gasteiger partial charge on any atom is 0.311 e. The summed E-state index contributed by atoms with van der Waals surface area (Å²) in [6.07, 6.45) is 0.462. The molecule has 6 heteroatoms. The average Bonchev–Trinajstić information content (AvgIpc) is 2.81. The number of carboxylic acids is 1. The summed E-state index contributed by atoms with van der Waals surface area (Å²) in [6.45, 7) is 6.28. The van der Waals surface area contributed by atoms with Gasteiger partial charge in [-0.15, -0.1) is 0 Å². The summed E-state index contributed by atoms with van der Waals surface area (Å²) in [7, 11) is 0. The van der Waals surface area contributed by atoms with Crippen LogP contribution in [0.1, 0.15) is 49.2 Å². The van der Waals surface area contributed by atoms with Crippen LogP contribution < -0.4 is 0 Å². The molecule has 0 radical (unpaired) electrons. The van der Waals surface area contributed by atoms with Crippen molar-refractivity contribution in [3.05, 3.63) is 28.5 Å². The first-order chi connectivity index (χ1) is 9.73. The predicted octanol–water partition coefficient (Wildman–Crippen LogP) is 2.80. The molecule has 2 heterocycles. The molecule has 1 saturated heterocycles. The van der Waals surface area contributed by atoms with Crippen molar-refractivity contribution in [1.29, 1.82) is 0 Å². The zero-order valence-electron chi connectivity index (χ0n) is 12.4. The third kappa shape index (κ3) is 3.18. The molecule has 0 spiro atoms. The van der Waals surface area contributed by atoms with Crippen LogP contribution in [0.15, 0.2) is 12.1 Å². The molecule has 1 atom stereocenters. The number of halogens is 1. The highest BCUT2D eigenvalue weighted by Crippen LogP contribution is 2.31. The van der Waals surface area contributed by atoms with E-state index in [2.05, 4.69) is 4.98 Å².